The topological polar surface area (TPSA) is 57.6 Å². The molecule has 1 fully saturated rings. The number of carbonyl (C=O) groups excluding carboxylic acids is 1. The molecular weight excluding hydrogens is 286 g/mol. The molecule has 1 atom stereocenters. The second kappa shape index (κ2) is 6.98. The lowest BCUT2D eigenvalue weighted by atomic mass is 10.0. The van der Waals surface area contributed by atoms with E-state index in [1.165, 1.54) is 4.90 Å². The molecule has 0 saturated carbocycles. The summed E-state index contributed by atoms with van der Waals surface area (Å²) in [6.07, 6.45) is 2.28. The van der Waals surface area contributed by atoms with E-state index in [2.05, 4.69) is 13.8 Å². The summed E-state index contributed by atoms with van der Waals surface area (Å²) < 4.78 is 0. The third-order valence-corrected chi connectivity index (χ3v) is 4.54. The molecule has 1 aromatic rings. The number of carboxylic acids is 1. The van der Waals surface area contributed by atoms with Crippen LogP contribution < -0.4 is 0 Å². The lowest BCUT2D eigenvalue weighted by molar-refractivity contribution is -0.143. The summed E-state index contributed by atoms with van der Waals surface area (Å²) in [4.78, 5) is 26.4. The average molecular weight is 307 g/mol. The minimum Gasteiger partial charge on any atom is -0.480 e. The molecule has 1 heterocycles. The smallest absolute Gasteiger partial charge is 0.326 e. The van der Waals surface area contributed by atoms with Crippen molar-refractivity contribution < 1.29 is 14.7 Å². The van der Waals surface area contributed by atoms with E-state index in [0.717, 1.165) is 17.7 Å². The SMILES string of the molecule is CC(C)Sc1ccc(C(=O)N2CCCC[C@@H]2C(=O)O)cc1. The molecule has 0 radical (unpaired) electrons. The van der Waals surface area contributed by atoms with E-state index in [0.29, 0.717) is 23.8 Å². The zero-order chi connectivity index (χ0) is 15.4. The monoisotopic (exact) mass is 307 g/mol. The van der Waals surface area contributed by atoms with Crippen molar-refractivity contribution in [1.82, 2.24) is 4.90 Å². The van der Waals surface area contributed by atoms with Crippen LogP contribution in [-0.4, -0.2) is 39.7 Å². The third-order valence-electron chi connectivity index (χ3n) is 3.52. The van der Waals surface area contributed by atoms with Gasteiger partial charge in [-0.1, -0.05) is 13.8 Å². The Hall–Kier alpha value is -1.49. The molecule has 0 aliphatic carbocycles. The molecule has 4 nitrogen and oxygen atoms in total. The van der Waals surface area contributed by atoms with E-state index < -0.39 is 12.0 Å². The van der Waals surface area contributed by atoms with Crippen molar-refractivity contribution in [3.8, 4) is 0 Å². The fraction of sp³-hybridized carbons (Fsp3) is 0.500. The quantitative estimate of drug-likeness (QED) is 0.867. The summed E-state index contributed by atoms with van der Waals surface area (Å²) >= 11 is 1.74. The van der Waals surface area contributed by atoms with Crippen molar-refractivity contribution in [2.45, 2.75) is 49.3 Å². The van der Waals surface area contributed by atoms with E-state index in [1.807, 2.05) is 12.1 Å². The summed E-state index contributed by atoms with van der Waals surface area (Å²) in [7, 11) is 0. The molecule has 21 heavy (non-hydrogen) atoms. The van der Waals surface area contributed by atoms with Gasteiger partial charge in [0.15, 0.2) is 0 Å². The Balaban J connectivity index is 2.12. The summed E-state index contributed by atoms with van der Waals surface area (Å²) in [5.41, 5.74) is 0.566. The van der Waals surface area contributed by atoms with Gasteiger partial charge in [0.05, 0.1) is 0 Å². The van der Waals surface area contributed by atoms with Gasteiger partial charge < -0.3 is 10.0 Å². The summed E-state index contributed by atoms with van der Waals surface area (Å²) in [6, 6.07) is 6.76. The second-order valence-electron chi connectivity index (χ2n) is 5.54. The highest BCUT2D eigenvalue weighted by Gasteiger charge is 2.32. The van der Waals surface area contributed by atoms with Gasteiger partial charge in [-0.3, -0.25) is 4.79 Å². The number of carbonyl (C=O) groups is 2. The van der Waals surface area contributed by atoms with E-state index in [-0.39, 0.29) is 5.91 Å². The van der Waals surface area contributed by atoms with Gasteiger partial charge in [0.1, 0.15) is 6.04 Å². The lowest BCUT2D eigenvalue weighted by Gasteiger charge is -2.33. The molecule has 0 aromatic heterocycles. The molecule has 0 bridgehead atoms. The number of hydrogen-bond acceptors (Lipinski definition) is 3. The molecule has 1 aliphatic rings. The predicted molar refractivity (Wildman–Crippen MR) is 83.7 cm³/mol. The maximum atomic E-state index is 12.5. The largest absolute Gasteiger partial charge is 0.480 e. The summed E-state index contributed by atoms with van der Waals surface area (Å²) in [5.74, 6) is -1.08. The van der Waals surface area contributed by atoms with Crippen LogP contribution in [0.25, 0.3) is 0 Å². The van der Waals surface area contributed by atoms with Crippen molar-refractivity contribution in [2.75, 3.05) is 6.54 Å². The van der Waals surface area contributed by atoms with Gasteiger partial charge in [0.25, 0.3) is 5.91 Å². The molecule has 0 unspecified atom stereocenters. The number of hydrogen-bond donors (Lipinski definition) is 1. The van der Waals surface area contributed by atoms with Gasteiger partial charge in [-0.2, -0.15) is 0 Å². The van der Waals surface area contributed by atoms with E-state index in [4.69, 9.17) is 0 Å². The minimum atomic E-state index is -0.907. The van der Waals surface area contributed by atoms with Gasteiger partial charge >= 0.3 is 5.97 Å². The number of likely N-dealkylation sites (tertiary alicyclic amines) is 1. The van der Waals surface area contributed by atoms with Crippen LogP contribution >= 0.6 is 11.8 Å². The van der Waals surface area contributed by atoms with Gasteiger partial charge in [0.2, 0.25) is 0 Å². The van der Waals surface area contributed by atoms with E-state index in [9.17, 15) is 14.7 Å². The van der Waals surface area contributed by atoms with Gasteiger partial charge in [-0.05, 0) is 43.5 Å². The van der Waals surface area contributed by atoms with Crippen molar-refractivity contribution in [2.24, 2.45) is 0 Å². The summed E-state index contributed by atoms with van der Waals surface area (Å²) in [6.45, 7) is 4.77. The van der Waals surface area contributed by atoms with Crippen LogP contribution in [0.1, 0.15) is 43.5 Å². The number of nitrogens with zero attached hydrogens (tertiary/aromatic N) is 1. The molecule has 114 valence electrons. The maximum Gasteiger partial charge on any atom is 0.326 e. The first-order valence-electron chi connectivity index (χ1n) is 7.29. The summed E-state index contributed by atoms with van der Waals surface area (Å²) in [5, 5.41) is 9.74. The van der Waals surface area contributed by atoms with Crippen molar-refractivity contribution in [3.05, 3.63) is 29.8 Å². The Labute approximate surface area is 129 Å². The molecule has 1 aromatic carbocycles. The van der Waals surface area contributed by atoms with Crippen LogP contribution in [-0.2, 0) is 4.79 Å². The highest BCUT2D eigenvalue weighted by molar-refractivity contribution is 7.99. The van der Waals surface area contributed by atoms with Gasteiger partial charge in [0, 0.05) is 22.3 Å². The third kappa shape index (κ3) is 4.00. The molecule has 1 saturated heterocycles. The first-order valence-corrected chi connectivity index (χ1v) is 8.17. The Bertz CT molecular complexity index is 513. The minimum absolute atomic E-state index is 0.178. The van der Waals surface area contributed by atoms with Crippen LogP contribution in [0.2, 0.25) is 0 Å². The van der Waals surface area contributed by atoms with Crippen molar-refractivity contribution >= 4 is 23.6 Å². The number of benzene rings is 1. The molecule has 1 amide bonds. The van der Waals surface area contributed by atoms with Gasteiger partial charge in [-0.15, -0.1) is 11.8 Å². The molecule has 1 aliphatic heterocycles. The van der Waals surface area contributed by atoms with Crippen LogP contribution in [0.3, 0.4) is 0 Å². The molecule has 2 rings (SSSR count). The lowest BCUT2D eigenvalue weighted by Crippen LogP contribution is -2.47. The Morgan fingerprint density at radius 3 is 2.48 bits per heavy atom. The fourth-order valence-corrected chi connectivity index (χ4v) is 3.38. The Morgan fingerprint density at radius 2 is 1.90 bits per heavy atom. The number of piperidine rings is 1. The zero-order valence-electron chi connectivity index (χ0n) is 12.4. The van der Waals surface area contributed by atoms with Gasteiger partial charge in [-0.25, -0.2) is 4.79 Å². The van der Waals surface area contributed by atoms with Crippen molar-refractivity contribution in [1.29, 1.82) is 0 Å². The highest BCUT2D eigenvalue weighted by atomic mass is 32.2. The fourth-order valence-electron chi connectivity index (χ4n) is 2.55. The van der Waals surface area contributed by atoms with E-state index >= 15 is 0 Å². The molecule has 0 spiro atoms. The Kier molecular flexibility index (Phi) is 5.28. The Morgan fingerprint density at radius 1 is 1.24 bits per heavy atom. The first-order chi connectivity index (χ1) is 9.99. The average Bonchev–Trinajstić information content (AvgIpc) is 2.46. The predicted octanol–water partition coefficient (Wildman–Crippen LogP) is 3.27. The number of carboxylic acid groups (broad SMARTS) is 1. The molecular formula is C16H21NO3S. The number of aliphatic carboxylic acids is 1. The van der Waals surface area contributed by atoms with Crippen LogP contribution in [0, 0.1) is 0 Å². The highest BCUT2D eigenvalue weighted by Crippen LogP contribution is 2.24. The van der Waals surface area contributed by atoms with Crippen LogP contribution in [0.15, 0.2) is 29.2 Å². The maximum absolute atomic E-state index is 12.5. The number of thioether (sulfide) groups is 1. The normalized spacial score (nSPS) is 18.8. The van der Waals surface area contributed by atoms with E-state index in [1.54, 1.807) is 23.9 Å². The van der Waals surface area contributed by atoms with Crippen LogP contribution in [0.4, 0.5) is 0 Å². The zero-order valence-corrected chi connectivity index (χ0v) is 13.2. The second-order valence-corrected chi connectivity index (χ2v) is 7.19. The first kappa shape index (κ1) is 15.9. The van der Waals surface area contributed by atoms with Crippen molar-refractivity contribution in [3.63, 3.8) is 0 Å². The molecule has 5 heteroatoms. The molecule has 1 N–H and O–H groups in total. The van der Waals surface area contributed by atoms with Crippen LogP contribution in [0.5, 0.6) is 0 Å². The number of rotatable bonds is 4. The standard InChI is InChI=1S/C16H21NO3S/c1-11(2)21-13-8-6-12(7-9-13)15(18)17-10-4-3-5-14(17)16(19)20/h6-9,11,14H,3-5,10H2,1-2H3,(H,19,20)/t14-/m1/s1. The number of amides is 1.